The summed E-state index contributed by atoms with van der Waals surface area (Å²) in [5.41, 5.74) is 6.82. The lowest BCUT2D eigenvalue weighted by molar-refractivity contribution is -0.141. The number of nitrogens with zero attached hydrogens (tertiary/aromatic N) is 3. The van der Waals surface area contributed by atoms with Gasteiger partial charge in [0.05, 0.1) is 19.2 Å². The van der Waals surface area contributed by atoms with Crippen LogP contribution in [0.3, 0.4) is 0 Å². The molecule has 0 bridgehead atoms. The molecule has 7 heteroatoms. The van der Waals surface area contributed by atoms with Crippen LogP contribution in [-0.2, 0) is 22.4 Å². The normalized spacial score (nSPS) is 18.3. The lowest BCUT2D eigenvalue weighted by Crippen LogP contribution is -2.28. The Balaban J connectivity index is 1.23. The van der Waals surface area contributed by atoms with Gasteiger partial charge in [-0.1, -0.05) is 24.3 Å². The topological polar surface area (TPSA) is 83.1 Å². The van der Waals surface area contributed by atoms with Gasteiger partial charge in [-0.3, -0.25) is 4.79 Å². The van der Waals surface area contributed by atoms with Gasteiger partial charge in [-0.2, -0.15) is 0 Å². The first-order chi connectivity index (χ1) is 18.0. The van der Waals surface area contributed by atoms with Crippen LogP contribution >= 0.6 is 0 Å². The number of anilines is 1. The van der Waals surface area contributed by atoms with E-state index in [0.29, 0.717) is 12.3 Å². The first-order valence-corrected chi connectivity index (χ1v) is 13.6. The van der Waals surface area contributed by atoms with Crippen LogP contribution in [0.15, 0.2) is 36.4 Å². The van der Waals surface area contributed by atoms with Crippen molar-refractivity contribution in [2.24, 2.45) is 5.92 Å². The molecule has 2 aromatic heterocycles. The summed E-state index contributed by atoms with van der Waals surface area (Å²) < 4.78 is 5.07. The lowest BCUT2D eigenvalue weighted by Gasteiger charge is -2.24. The molecule has 4 heterocycles. The molecule has 1 aromatic carbocycles. The van der Waals surface area contributed by atoms with E-state index in [1.165, 1.54) is 31.2 Å². The van der Waals surface area contributed by atoms with E-state index in [4.69, 9.17) is 9.72 Å². The highest BCUT2D eigenvalue weighted by atomic mass is 16.5. The molecule has 37 heavy (non-hydrogen) atoms. The summed E-state index contributed by atoms with van der Waals surface area (Å²) in [6.07, 6.45) is 6.06. The molecule has 5 rings (SSSR count). The number of hydrogen-bond acceptors (Lipinski definition) is 6. The average molecular weight is 502 g/mol. The van der Waals surface area contributed by atoms with E-state index in [9.17, 15) is 4.79 Å². The molecule has 3 aromatic rings. The number of H-pyrrole nitrogens is 1. The zero-order valence-corrected chi connectivity index (χ0v) is 22.3. The number of aromatic amines is 1. The van der Waals surface area contributed by atoms with Crippen molar-refractivity contribution in [1.82, 2.24) is 19.9 Å². The van der Waals surface area contributed by atoms with Crippen molar-refractivity contribution in [3.63, 3.8) is 0 Å². The zero-order chi connectivity index (χ0) is 25.8. The molecule has 0 aliphatic carbocycles. The highest BCUT2D eigenvalue weighted by molar-refractivity contribution is 5.71. The van der Waals surface area contributed by atoms with Crippen LogP contribution in [0.25, 0.3) is 11.3 Å². The fourth-order valence-electron chi connectivity index (χ4n) is 5.89. The van der Waals surface area contributed by atoms with Crippen molar-refractivity contribution in [2.45, 2.75) is 58.3 Å². The first-order valence-electron chi connectivity index (χ1n) is 13.6. The number of benzene rings is 1. The van der Waals surface area contributed by atoms with Gasteiger partial charge in [-0.15, -0.1) is 0 Å². The van der Waals surface area contributed by atoms with Gasteiger partial charge in [0.1, 0.15) is 11.6 Å². The number of aryl methyl sites for hydroxylation is 4. The van der Waals surface area contributed by atoms with Crippen LogP contribution in [0.1, 0.15) is 59.9 Å². The third-order valence-electron chi connectivity index (χ3n) is 7.88. The van der Waals surface area contributed by atoms with Crippen LogP contribution in [0.4, 0.5) is 5.82 Å². The van der Waals surface area contributed by atoms with Gasteiger partial charge < -0.3 is 19.9 Å². The smallest absolute Gasteiger partial charge is 0.306 e. The third-order valence-corrected chi connectivity index (χ3v) is 7.88. The summed E-state index contributed by atoms with van der Waals surface area (Å²) in [5.74, 6) is 2.58. The summed E-state index contributed by atoms with van der Waals surface area (Å²) in [5, 5.41) is 3.45. The van der Waals surface area contributed by atoms with Crippen molar-refractivity contribution in [3.05, 3.63) is 64.7 Å². The number of hydrogen-bond donors (Lipinski definition) is 2. The molecular formula is C30H39N5O2. The Kier molecular flexibility index (Phi) is 7.89. The standard InChI is InChI=1S/C30H39N5O2/c1-20-29(33-21(2)32-20)25-7-4-6-24(16-25)26(17-28(36)37-3)19-35-15-13-22(18-35)9-11-27-12-10-23-8-5-14-31-30(23)34-27/h4,6-7,10,12,16,22,26H,5,8-9,11,13-15,17-19H2,1-3H3,(H,31,34)(H,32,33)/t22-,26+/m1/s1. The number of likely N-dealkylation sites (tertiary alicyclic amines) is 1. The number of aromatic nitrogens is 3. The van der Waals surface area contributed by atoms with E-state index < -0.39 is 0 Å². The second kappa shape index (κ2) is 11.5. The minimum Gasteiger partial charge on any atom is -0.469 e. The Hall–Kier alpha value is -3.19. The summed E-state index contributed by atoms with van der Waals surface area (Å²) in [6, 6.07) is 13.0. The molecule has 196 valence electrons. The molecule has 0 radical (unpaired) electrons. The van der Waals surface area contributed by atoms with Gasteiger partial charge in [-0.25, -0.2) is 9.97 Å². The SMILES string of the molecule is COC(=O)C[C@@H](CN1CC[C@@H](CCc2ccc3c(n2)NCCC3)C1)c1cccc(-c2nc(C)[nH]c2C)c1. The van der Waals surface area contributed by atoms with Gasteiger partial charge in [-0.05, 0) is 81.7 Å². The zero-order valence-electron chi connectivity index (χ0n) is 22.3. The predicted molar refractivity (Wildman–Crippen MR) is 147 cm³/mol. The summed E-state index contributed by atoms with van der Waals surface area (Å²) in [4.78, 5) is 27.7. The molecule has 0 amide bonds. The van der Waals surface area contributed by atoms with E-state index in [0.717, 1.165) is 79.6 Å². The van der Waals surface area contributed by atoms with Gasteiger partial charge >= 0.3 is 5.97 Å². The van der Waals surface area contributed by atoms with Gasteiger partial charge in [0.15, 0.2) is 0 Å². The highest BCUT2D eigenvalue weighted by Gasteiger charge is 2.27. The maximum atomic E-state index is 12.3. The van der Waals surface area contributed by atoms with E-state index in [1.807, 2.05) is 6.92 Å². The molecular weight excluding hydrogens is 462 g/mol. The van der Waals surface area contributed by atoms with Gasteiger partial charge in [0, 0.05) is 42.5 Å². The molecule has 1 saturated heterocycles. The Morgan fingerprint density at radius 1 is 1.22 bits per heavy atom. The number of esters is 1. The molecule has 1 fully saturated rings. The summed E-state index contributed by atoms with van der Waals surface area (Å²) >= 11 is 0. The number of ether oxygens (including phenoxy) is 1. The van der Waals surface area contributed by atoms with Crippen LogP contribution in [-0.4, -0.2) is 59.1 Å². The van der Waals surface area contributed by atoms with Gasteiger partial charge in [0.2, 0.25) is 0 Å². The number of rotatable bonds is 9. The second-order valence-electron chi connectivity index (χ2n) is 10.7. The summed E-state index contributed by atoms with van der Waals surface area (Å²) in [7, 11) is 1.47. The number of carbonyl (C=O) groups excluding carboxylic acids is 1. The highest BCUT2D eigenvalue weighted by Crippen LogP contribution is 2.30. The fourth-order valence-corrected chi connectivity index (χ4v) is 5.89. The molecule has 2 atom stereocenters. The van der Waals surface area contributed by atoms with Crippen LogP contribution < -0.4 is 5.32 Å². The molecule has 7 nitrogen and oxygen atoms in total. The van der Waals surface area contributed by atoms with Crippen LogP contribution in [0, 0.1) is 19.8 Å². The minimum atomic E-state index is -0.162. The Labute approximate surface area is 220 Å². The fraction of sp³-hybridized carbons (Fsp3) is 0.500. The van der Waals surface area contributed by atoms with Crippen molar-refractivity contribution in [1.29, 1.82) is 0 Å². The Bertz CT molecular complexity index is 1240. The molecule has 2 N–H and O–H groups in total. The van der Waals surface area contributed by atoms with Crippen molar-refractivity contribution >= 4 is 11.8 Å². The van der Waals surface area contributed by atoms with Gasteiger partial charge in [0.25, 0.3) is 0 Å². The number of methoxy groups -OCH3 is 1. The second-order valence-corrected chi connectivity index (χ2v) is 10.7. The van der Waals surface area contributed by atoms with Crippen molar-refractivity contribution in [3.8, 4) is 11.3 Å². The summed E-state index contributed by atoms with van der Waals surface area (Å²) in [6.45, 7) is 8.04. The first kappa shape index (κ1) is 25.5. The van der Waals surface area contributed by atoms with Crippen molar-refractivity contribution < 1.29 is 9.53 Å². The van der Waals surface area contributed by atoms with Crippen molar-refractivity contribution in [2.75, 3.05) is 38.6 Å². The molecule has 0 unspecified atom stereocenters. The molecule has 2 aliphatic rings. The van der Waals surface area contributed by atoms with E-state index in [1.54, 1.807) is 0 Å². The minimum absolute atomic E-state index is 0.0832. The maximum absolute atomic E-state index is 12.3. The monoisotopic (exact) mass is 501 g/mol. The molecule has 0 saturated carbocycles. The lowest BCUT2D eigenvalue weighted by atomic mass is 9.92. The van der Waals surface area contributed by atoms with E-state index in [-0.39, 0.29) is 11.9 Å². The largest absolute Gasteiger partial charge is 0.469 e. The third kappa shape index (κ3) is 6.21. The Morgan fingerprint density at radius 3 is 2.92 bits per heavy atom. The maximum Gasteiger partial charge on any atom is 0.306 e. The van der Waals surface area contributed by atoms with Crippen LogP contribution in [0.5, 0.6) is 0 Å². The average Bonchev–Trinajstić information content (AvgIpc) is 3.51. The molecule has 2 aliphatic heterocycles. The molecule has 0 spiro atoms. The number of nitrogens with one attached hydrogen (secondary N) is 2. The Morgan fingerprint density at radius 2 is 2.11 bits per heavy atom. The predicted octanol–water partition coefficient (Wildman–Crippen LogP) is 5.05. The van der Waals surface area contributed by atoms with Crippen LogP contribution in [0.2, 0.25) is 0 Å². The number of pyridine rings is 1. The quantitative estimate of drug-likeness (QED) is 0.400. The number of imidazole rings is 1. The van der Waals surface area contributed by atoms with E-state index in [2.05, 4.69) is 63.5 Å². The van der Waals surface area contributed by atoms with E-state index >= 15 is 0 Å². The number of fused-ring (bicyclic) bond motifs is 1. The number of carbonyl (C=O) groups is 1.